The van der Waals surface area contributed by atoms with Gasteiger partial charge in [-0.1, -0.05) is 12.1 Å². The Balaban J connectivity index is 2.50. The summed E-state index contributed by atoms with van der Waals surface area (Å²) in [7, 11) is 0. The molecule has 3 nitrogen and oxygen atoms in total. The van der Waals surface area contributed by atoms with Gasteiger partial charge >= 0.3 is 0 Å². The van der Waals surface area contributed by atoms with Gasteiger partial charge in [-0.3, -0.25) is 4.79 Å². The third-order valence-corrected chi connectivity index (χ3v) is 2.04. The molecule has 0 aliphatic carbocycles. The number of aliphatic hydroxyl groups excluding tert-OH is 1. The molecule has 0 aromatic heterocycles. The lowest BCUT2D eigenvalue weighted by Crippen LogP contribution is -2.12. The summed E-state index contributed by atoms with van der Waals surface area (Å²) >= 11 is 0. The molecule has 0 unspecified atom stereocenters. The first-order chi connectivity index (χ1) is 5.81. The number of benzene rings is 1. The van der Waals surface area contributed by atoms with E-state index in [4.69, 9.17) is 5.11 Å². The van der Waals surface area contributed by atoms with Crippen molar-refractivity contribution in [3.8, 4) is 0 Å². The Kier molecular flexibility index (Phi) is 1.59. The maximum Gasteiger partial charge on any atom is 0.251 e. The summed E-state index contributed by atoms with van der Waals surface area (Å²) in [5, 5.41) is 11.5. The quantitative estimate of drug-likeness (QED) is 0.630. The number of carbonyl (C=O) groups is 1. The van der Waals surface area contributed by atoms with Crippen molar-refractivity contribution in [3.05, 3.63) is 34.9 Å². The van der Waals surface area contributed by atoms with E-state index < -0.39 is 0 Å². The van der Waals surface area contributed by atoms with E-state index in [1.807, 2.05) is 12.1 Å². The molecule has 1 heterocycles. The molecule has 1 aromatic rings. The topological polar surface area (TPSA) is 49.3 Å². The zero-order valence-corrected chi connectivity index (χ0v) is 6.50. The highest BCUT2D eigenvalue weighted by atomic mass is 16.3. The minimum atomic E-state index is -0.0414. The van der Waals surface area contributed by atoms with Crippen molar-refractivity contribution < 1.29 is 9.90 Å². The van der Waals surface area contributed by atoms with Crippen LogP contribution in [0.4, 0.5) is 0 Å². The second kappa shape index (κ2) is 2.60. The molecule has 1 aliphatic rings. The molecule has 0 spiro atoms. The van der Waals surface area contributed by atoms with Gasteiger partial charge in [0.2, 0.25) is 0 Å². The van der Waals surface area contributed by atoms with Crippen molar-refractivity contribution in [2.24, 2.45) is 0 Å². The summed E-state index contributed by atoms with van der Waals surface area (Å²) in [5.41, 5.74) is 2.49. The van der Waals surface area contributed by atoms with Crippen LogP contribution in [0.1, 0.15) is 21.5 Å². The van der Waals surface area contributed by atoms with E-state index in [9.17, 15) is 4.79 Å². The van der Waals surface area contributed by atoms with E-state index in [0.29, 0.717) is 12.1 Å². The number of fused-ring (bicyclic) bond motifs is 1. The van der Waals surface area contributed by atoms with Crippen molar-refractivity contribution in [1.29, 1.82) is 0 Å². The number of hydrogen-bond donors (Lipinski definition) is 2. The Morgan fingerprint density at radius 1 is 1.50 bits per heavy atom. The normalized spacial score (nSPS) is 14.2. The minimum Gasteiger partial charge on any atom is -0.392 e. The lowest BCUT2D eigenvalue weighted by Gasteiger charge is -1.98. The van der Waals surface area contributed by atoms with E-state index in [-0.39, 0.29) is 12.5 Å². The first-order valence-corrected chi connectivity index (χ1v) is 3.82. The van der Waals surface area contributed by atoms with Crippen LogP contribution in [0.15, 0.2) is 18.2 Å². The molecule has 0 bridgehead atoms. The van der Waals surface area contributed by atoms with E-state index in [0.717, 1.165) is 11.1 Å². The first-order valence-electron chi connectivity index (χ1n) is 3.82. The average molecular weight is 163 g/mol. The lowest BCUT2D eigenvalue weighted by molar-refractivity contribution is 0.0965. The third-order valence-electron chi connectivity index (χ3n) is 2.04. The molecule has 0 fully saturated rings. The molecule has 3 heteroatoms. The molecule has 1 aromatic carbocycles. The van der Waals surface area contributed by atoms with E-state index in [1.54, 1.807) is 6.07 Å². The molecule has 0 radical (unpaired) electrons. The van der Waals surface area contributed by atoms with Crippen LogP contribution >= 0.6 is 0 Å². The summed E-state index contributed by atoms with van der Waals surface area (Å²) in [6.45, 7) is 0.598. The highest BCUT2D eigenvalue weighted by Gasteiger charge is 2.17. The fourth-order valence-corrected chi connectivity index (χ4v) is 1.36. The van der Waals surface area contributed by atoms with Gasteiger partial charge in [-0.2, -0.15) is 0 Å². The van der Waals surface area contributed by atoms with Crippen LogP contribution in [-0.2, 0) is 13.2 Å². The predicted molar refractivity (Wildman–Crippen MR) is 43.5 cm³/mol. The molecular weight excluding hydrogens is 154 g/mol. The Bertz CT molecular complexity index is 333. The van der Waals surface area contributed by atoms with Crippen LogP contribution in [0, 0.1) is 0 Å². The van der Waals surface area contributed by atoms with Crippen LogP contribution in [0.2, 0.25) is 0 Å². The van der Waals surface area contributed by atoms with Crippen molar-refractivity contribution in [3.63, 3.8) is 0 Å². The van der Waals surface area contributed by atoms with Gasteiger partial charge in [0.05, 0.1) is 6.61 Å². The highest BCUT2D eigenvalue weighted by molar-refractivity contribution is 5.98. The van der Waals surface area contributed by atoms with Crippen molar-refractivity contribution in [2.75, 3.05) is 0 Å². The zero-order valence-electron chi connectivity index (χ0n) is 6.50. The number of amides is 1. The van der Waals surface area contributed by atoms with Gasteiger partial charge in [0.15, 0.2) is 0 Å². The van der Waals surface area contributed by atoms with Gasteiger partial charge in [-0.25, -0.2) is 0 Å². The van der Waals surface area contributed by atoms with Gasteiger partial charge in [0.1, 0.15) is 0 Å². The first kappa shape index (κ1) is 7.31. The Morgan fingerprint density at radius 3 is 3.08 bits per heavy atom. The molecule has 0 saturated carbocycles. The maximum atomic E-state index is 11.1. The minimum absolute atomic E-state index is 0.0133. The Hall–Kier alpha value is -1.35. The van der Waals surface area contributed by atoms with Crippen LogP contribution in [0.5, 0.6) is 0 Å². The Morgan fingerprint density at radius 2 is 2.33 bits per heavy atom. The van der Waals surface area contributed by atoms with Crippen molar-refractivity contribution in [2.45, 2.75) is 13.2 Å². The van der Waals surface area contributed by atoms with Gasteiger partial charge < -0.3 is 10.4 Å². The fourth-order valence-electron chi connectivity index (χ4n) is 1.36. The summed E-state index contributed by atoms with van der Waals surface area (Å²) < 4.78 is 0. The van der Waals surface area contributed by atoms with E-state index in [1.165, 1.54) is 0 Å². The number of rotatable bonds is 1. The predicted octanol–water partition coefficient (Wildman–Crippen LogP) is 0.422. The summed E-state index contributed by atoms with van der Waals surface area (Å²) in [4.78, 5) is 11.1. The third kappa shape index (κ3) is 0.987. The monoisotopic (exact) mass is 163 g/mol. The van der Waals surface area contributed by atoms with Gasteiger partial charge in [0.25, 0.3) is 5.91 Å². The number of carbonyl (C=O) groups excluding carboxylic acids is 1. The molecule has 1 amide bonds. The van der Waals surface area contributed by atoms with Crippen LogP contribution in [-0.4, -0.2) is 11.0 Å². The summed E-state index contributed by atoms with van der Waals surface area (Å²) in [6.07, 6.45) is 0. The second-order valence-corrected chi connectivity index (χ2v) is 2.83. The molecule has 2 N–H and O–H groups in total. The van der Waals surface area contributed by atoms with Crippen LogP contribution in [0.25, 0.3) is 0 Å². The Labute approximate surface area is 70.0 Å². The standard InChI is InChI=1S/C9H9NO2/c11-5-6-1-2-7-4-10-9(12)8(7)3-6/h1-3,11H,4-5H2,(H,10,12). The van der Waals surface area contributed by atoms with E-state index >= 15 is 0 Å². The molecular formula is C9H9NO2. The summed E-state index contributed by atoms with van der Waals surface area (Å²) in [5.74, 6) is -0.0414. The van der Waals surface area contributed by atoms with E-state index in [2.05, 4.69) is 5.32 Å². The van der Waals surface area contributed by atoms with Gasteiger partial charge in [-0.05, 0) is 17.2 Å². The molecule has 1 aliphatic heterocycles. The molecule has 2 rings (SSSR count). The second-order valence-electron chi connectivity index (χ2n) is 2.83. The molecule has 12 heavy (non-hydrogen) atoms. The van der Waals surface area contributed by atoms with Gasteiger partial charge in [-0.15, -0.1) is 0 Å². The van der Waals surface area contributed by atoms with Crippen LogP contribution < -0.4 is 5.32 Å². The SMILES string of the molecule is O=C1NCc2ccc(CO)cc21. The fraction of sp³-hybridized carbons (Fsp3) is 0.222. The molecule has 0 saturated heterocycles. The van der Waals surface area contributed by atoms with Crippen molar-refractivity contribution >= 4 is 5.91 Å². The average Bonchev–Trinajstić information content (AvgIpc) is 2.47. The van der Waals surface area contributed by atoms with Crippen LogP contribution in [0.3, 0.4) is 0 Å². The number of hydrogen-bond acceptors (Lipinski definition) is 2. The number of aliphatic hydroxyl groups is 1. The molecule has 0 atom stereocenters. The number of nitrogens with one attached hydrogen (secondary N) is 1. The van der Waals surface area contributed by atoms with Crippen molar-refractivity contribution in [1.82, 2.24) is 5.32 Å². The highest BCUT2D eigenvalue weighted by Crippen LogP contribution is 2.16. The van der Waals surface area contributed by atoms with Gasteiger partial charge in [0, 0.05) is 12.1 Å². The maximum absolute atomic E-state index is 11.1. The molecule has 62 valence electrons. The smallest absolute Gasteiger partial charge is 0.251 e. The largest absolute Gasteiger partial charge is 0.392 e. The summed E-state index contributed by atoms with van der Waals surface area (Å²) in [6, 6.07) is 5.44. The lowest BCUT2D eigenvalue weighted by atomic mass is 10.1. The zero-order chi connectivity index (χ0) is 8.55.